The number of nitrogens with two attached hydrogens (primary N) is 1. The molecule has 0 aliphatic carbocycles. The van der Waals surface area contributed by atoms with Crippen molar-refractivity contribution in [2.75, 3.05) is 0 Å². The van der Waals surface area contributed by atoms with Gasteiger partial charge in [-0.1, -0.05) is 23.7 Å². The Balaban J connectivity index is 1.99. The zero-order chi connectivity index (χ0) is 13.0. The molecule has 0 radical (unpaired) electrons. The molecule has 0 saturated carbocycles. The van der Waals surface area contributed by atoms with E-state index in [-0.39, 0.29) is 11.1 Å². The van der Waals surface area contributed by atoms with Gasteiger partial charge in [0.1, 0.15) is 5.82 Å². The van der Waals surface area contributed by atoms with Crippen LogP contribution in [-0.4, -0.2) is 11.0 Å². The fraction of sp³-hybridized carbons (Fsp3) is 0.214. The van der Waals surface area contributed by atoms with Crippen LogP contribution in [0.15, 0.2) is 42.7 Å². The summed E-state index contributed by atoms with van der Waals surface area (Å²) in [5.74, 6) is -0.400. The third kappa shape index (κ3) is 3.52. The van der Waals surface area contributed by atoms with Gasteiger partial charge in [0.2, 0.25) is 0 Å². The number of benzene rings is 1. The number of nitrogens with zero attached hydrogens (tertiary/aromatic N) is 1. The van der Waals surface area contributed by atoms with Crippen LogP contribution in [0.3, 0.4) is 0 Å². The lowest BCUT2D eigenvalue weighted by molar-refractivity contribution is 0.618. The maximum Gasteiger partial charge on any atom is 0.142 e. The molecule has 94 valence electrons. The Kier molecular flexibility index (Phi) is 4.28. The predicted molar refractivity (Wildman–Crippen MR) is 71.0 cm³/mol. The van der Waals surface area contributed by atoms with Crippen molar-refractivity contribution < 1.29 is 4.39 Å². The van der Waals surface area contributed by atoms with Crippen molar-refractivity contribution >= 4 is 11.6 Å². The van der Waals surface area contributed by atoms with Gasteiger partial charge in [-0.15, -0.1) is 0 Å². The van der Waals surface area contributed by atoms with Crippen molar-refractivity contribution in [1.82, 2.24) is 4.98 Å². The van der Waals surface area contributed by atoms with Gasteiger partial charge in [-0.05, 0) is 42.2 Å². The van der Waals surface area contributed by atoms with Crippen LogP contribution < -0.4 is 5.73 Å². The summed E-state index contributed by atoms with van der Waals surface area (Å²) < 4.78 is 13.3. The molecule has 1 heterocycles. The molecular weight excluding hydrogens is 251 g/mol. The Morgan fingerprint density at radius 1 is 1.22 bits per heavy atom. The van der Waals surface area contributed by atoms with Crippen LogP contribution >= 0.6 is 11.6 Å². The molecule has 1 aromatic carbocycles. The molecule has 2 aromatic rings. The Labute approximate surface area is 111 Å². The average Bonchev–Trinajstić information content (AvgIpc) is 2.35. The Hall–Kier alpha value is -1.45. The van der Waals surface area contributed by atoms with E-state index in [2.05, 4.69) is 4.98 Å². The number of pyridine rings is 1. The summed E-state index contributed by atoms with van der Waals surface area (Å²) in [4.78, 5) is 4.04. The second kappa shape index (κ2) is 5.94. The molecule has 1 atom stereocenters. The molecule has 0 amide bonds. The summed E-state index contributed by atoms with van der Waals surface area (Å²) in [6, 6.07) is 8.59. The highest BCUT2D eigenvalue weighted by Crippen LogP contribution is 2.16. The first-order valence-corrected chi connectivity index (χ1v) is 6.11. The molecule has 0 saturated heterocycles. The van der Waals surface area contributed by atoms with Gasteiger partial charge in [0.25, 0.3) is 0 Å². The molecule has 18 heavy (non-hydrogen) atoms. The van der Waals surface area contributed by atoms with Gasteiger partial charge < -0.3 is 5.73 Å². The monoisotopic (exact) mass is 264 g/mol. The Morgan fingerprint density at radius 3 is 2.67 bits per heavy atom. The second-order valence-electron chi connectivity index (χ2n) is 4.28. The fourth-order valence-electron chi connectivity index (χ4n) is 1.86. The summed E-state index contributed by atoms with van der Waals surface area (Å²) >= 11 is 5.63. The van der Waals surface area contributed by atoms with Gasteiger partial charge in [0.15, 0.2) is 0 Å². The van der Waals surface area contributed by atoms with Gasteiger partial charge in [-0.25, -0.2) is 4.39 Å². The lowest BCUT2D eigenvalue weighted by Gasteiger charge is -2.11. The molecule has 0 bridgehead atoms. The van der Waals surface area contributed by atoms with E-state index < -0.39 is 5.82 Å². The predicted octanol–water partition coefficient (Wildman–Crippen LogP) is 2.99. The zero-order valence-corrected chi connectivity index (χ0v) is 10.6. The molecule has 4 heteroatoms. The van der Waals surface area contributed by atoms with Crippen LogP contribution in [0.2, 0.25) is 5.02 Å². The van der Waals surface area contributed by atoms with Crippen molar-refractivity contribution in [1.29, 1.82) is 0 Å². The van der Waals surface area contributed by atoms with E-state index in [9.17, 15) is 4.39 Å². The van der Waals surface area contributed by atoms with Gasteiger partial charge in [-0.2, -0.15) is 0 Å². The standard InChI is InChI=1S/C14H14ClFN2/c15-13-4-3-10(8-14(13)16)6-12(17)7-11-2-1-5-18-9-11/h1-5,8-9,12H,6-7,17H2. The third-order valence-electron chi connectivity index (χ3n) is 2.70. The lowest BCUT2D eigenvalue weighted by Crippen LogP contribution is -2.25. The summed E-state index contributed by atoms with van der Waals surface area (Å²) in [5, 5.41) is 0.139. The number of hydrogen-bond acceptors (Lipinski definition) is 2. The smallest absolute Gasteiger partial charge is 0.142 e. The van der Waals surface area contributed by atoms with Crippen LogP contribution in [-0.2, 0) is 12.8 Å². The summed E-state index contributed by atoms with van der Waals surface area (Å²) in [5.41, 5.74) is 7.98. The largest absolute Gasteiger partial charge is 0.327 e. The number of rotatable bonds is 4. The van der Waals surface area contributed by atoms with Crippen molar-refractivity contribution in [3.63, 3.8) is 0 Å². The minimum absolute atomic E-state index is 0.0604. The van der Waals surface area contributed by atoms with Gasteiger partial charge in [-0.3, -0.25) is 4.98 Å². The first-order valence-electron chi connectivity index (χ1n) is 5.73. The molecule has 1 aromatic heterocycles. The minimum Gasteiger partial charge on any atom is -0.327 e. The van der Waals surface area contributed by atoms with E-state index in [1.165, 1.54) is 6.07 Å². The molecule has 2 nitrogen and oxygen atoms in total. The summed E-state index contributed by atoms with van der Waals surface area (Å²) in [7, 11) is 0. The Bertz CT molecular complexity index is 516. The first-order chi connectivity index (χ1) is 8.65. The molecular formula is C14H14ClFN2. The molecule has 1 unspecified atom stereocenters. The van der Waals surface area contributed by atoms with Gasteiger partial charge in [0, 0.05) is 18.4 Å². The van der Waals surface area contributed by atoms with Crippen LogP contribution in [0.5, 0.6) is 0 Å². The normalized spacial score (nSPS) is 12.4. The second-order valence-corrected chi connectivity index (χ2v) is 4.69. The maximum absolute atomic E-state index is 13.3. The highest BCUT2D eigenvalue weighted by molar-refractivity contribution is 6.30. The van der Waals surface area contributed by atoms with Crippen LogP contribution in [0.1, 0.15) is 11.1 Å². The van der Waals surface area contributed by atoms with Crippen molar-refractivity contribution in [3.05, 3.63) is 64.7 Å². The SMILES string of the molecule is NC(Cc1cccnc1)Cc1ccc(Cl)c(F)c1. The molecule has 0 fully saturated rings. The highest BCUT2D eigenvalue weighted by atomic mass is 35.5. The summed E-state index contributed by atoms with van der Waals surface area (Å²) in [6.07, 6.45) is 4.85. The maximum atomic E-state index is 13.3. The van der Waals surface area contributed by atoms with E-state index in [4.69, 9.17) is 17.3 Å². The van der Waals surface area contributed by atoms with Crippen molar-refractivity contribution in [3.8, 4) is 0 Å². The third-order valence-corrected chi connectivity index (χ3v) is 3.01. The quantitative estimate of drug-likeness (QED) is 0.922. The van der Waals surface area contributed by atoms with Crippen molar-refractivity contribution in [2.45, 2.75) is 18.9 Å². The number of hydrogen-bond donors (Lipinski definition) is 1. The minimum atomic E-state index is -0.400. The van der Waals surface area contributed by atoms with Gasteiger partial charge >= 0.3 is 0 Å². The van der Waals surface area contributed by atoms with Gasteiger partial charge in [0.05, 0.1) is 5.02 Å². The number of halogens is 2. The molecule has 0 aliphatic rings. The first kappa shape index (κ1) is 13.0. The van der Waals surface area contributed by atoms with Crippen molar-refractivity contribution in [2.24, 2.45) is 5.73 Å². The van der Waals surface area contributed by atoms with Crippen LogP contribution in [0.25, 0.3) is 0 Å². The van der Waals surface area contributed by atoms with E-state index in [0.29, 0.717) is 6.42 Å². The topological polar surface area (TPSA) is 38.9 Å². The number of aromatic nitrogens is 1. The van der Waals surface area contributed by atoms with E-state index >= 15 is 0 Å². The van der Waals surface area contributed by atoms with E-state index in [1.807, 2.05) is 12.1 Å². The molecule has 0 spiro atoms. The molecule has 0 aliphatic heterocycles. The van der Waals surface area contributed by atoms with E-state index in [0.717, 1.165) is 17.5 Å². The van der Waals surface area contributed by atoms with Crippen LogP contribution in [0.4, 0.5) is 4.39 Å². The molecule has 2 rings (SSSR count). The average molecular weight is 265 g/mol. The fourth-order valence-corrected chi connectivity index (χ4v) is 1.98. The highest BCUT2D eigenvalue weighted by Gasteiger charge is 2.07. The Morgan fingerprint density at radius 2 is 2.00 bits per heavy atom. The lowest BCUT2D eigenvalue weighted by atomic mass is 10.0. The molecule has 2 N–H and O–H groups in total. The van der Waals surface area contributed by atoms with Crippen LogP contribution in [0, 0.1) is 5.82 Å². The summed E-state index contributed by atoms with van der Waals surface area (Å²) in [6.45, 7) is 0. The van der Waals surface area contributed by atoms with E-state index in [1.54, 1.807) is 24.5 Å². The zero-order valence-electron chi connectivity index (χ0n) is 9.81.